The number of amides is 1. The van der Waals surface area contributed by atoms with E-state index >= 15 is 0 Å². The second kappa shape index (κ2) is 9.74. The second-order valence-electron chi connectivity index (χ2n) is 7.16. The summed E-state index contributed by atoms with van der Waals surface area (Å²) in [5, 5.41) is 14.1. The molecule has 0 bridgehead atoms. The summed E-state index contributed by atoms with van der Waals surface area (Å²) in [5.74, 6) is 1.07. The maximum absolute atomic E-state index is 12.5. The third kappa shape index (κ3) is 4.92. The maximum atomic E-state index is 12.5. The van der Waals surface area contributed by atoms with Crippen molar-refractivity contribution in [3.63, 3.8) is 0 Å². The number of hydrogen-bond acceptors (Lipinski definition) is 6. The molecule has 1 N–H and O–H groups in total. The molecule has 0 aliphatic rings. The van der Waals surface area contributed by atoms with Gasteiger partial charge in [0.05, 0.1) is 12.8 Å². The predicted octanol–water partition coefficient (Wildman–Crippen LogP) is 3.98. The molecule has 1 amide bonds. The minimum absolute atomic E-state index is 0.368. The molecule has 3 aromatic carbocycles. The van der Waals surface area contributed by atoms with E-state index < -0.39 is 6.09 Å². The van der Waals surface area contributed by atoms with Crippen LogP contribution in [0.25, 0.3) is 16.8 Å². The Bertz CT molecular complexity index is 1210. The molecule has 0 unspecified atom stereocenters. The number of para-hydroxylation sites is 1. The average Bonchev–Trinajstić information content (AvgIpc) is 3.35. The molecule has 1 aromatic heterocycles. The van der Waals surface area contributed by atoms with Crippen molar-refractivity contribution in [2.24, 2.45) is 0 Å². The van der Waals surface area contributed by atoms with Gasteiger partial charge in [-0.05, 0) is 58.7 Å². The molecule has 0 fully saturated rings. The van der Waals surface area contributed by atoms with Crippen LogP contribution in [-0.2, 0) is 6.42 Å². The fraction of sp³-hybridized carbons (Fsp3) is 0.167. The van der Waals surface area contributed by atoms with Gasteiger partial charge >= 0.3 is 6.09 Å². The van der Waals surface area contributed by atoms with Gasteiger partial charge in [-0.3, -0.25) is 0 Å². The average molecular weight is 429 g/mol. The molecule has 0 saturated carbocycles. The molecule has 8 heteroatoms. The standard InChI is InChI=1S/C24H23N5O3/c1-17-7-3-4-8-18(17)11-12-25-24(30)32-21-14-19(22-9-5-6-10-23(22)31-2)13-20(15-21)29-16-26-27-28-29/h3-10,13-16H,11-12H2,1-2H3,(H,25,30). The van der Waals surface area contributed by atoms with Crippen LogP contribution in [0.4, 0.5) is 4.79 Å². The molecule has 0 spiro atoms. The highest BCUT2D eigenvalue weighted by Gasteiger charge is 2.13. The quantitative estimate of drug-likeness (QED) is 0.478. The van der Waals surface area contributed by atoms with E-state index in [2.05, 4.69) is 39.9 Å². The van der Waals surface area contributed by atoms with Gasteiger partial charge in [-0.2, -0.15) is 0 Å². The molecule has 32 heavy (non-hydrogen) atoms. The second-order valence-corrected chi connectivity index (χ2v) is 7.16. The van der Waals surface area contributed by atoms with Crippen molar-refractivity contribution in [3.8, 4) is 28.3 Å². The Morgan fingerprint density at radius 3 is 2.66 bits per heavy atom. The minimum Gasteiger partial charge on any atom is -0.496 e. The van der Waals surface area contributed by atoms with E-state index in [-0.39, 0.29) is 0 Å². The number of hydrogen-bond donors (Lipinski definition) is 1. The number of nitrogens with one attached hydrogen (secondary N) is 1. The van der Waals surface area contributed by atoms with Gasteiger partial charge in [-0.15, -0.1) is 5.10 Å². The van der Waals surface area contributed by atoms with Crippen LogP contribution in [0.3, 0.4) is 0 Å². The first-order chi connectivity index (χ1) is 15.6. The van der Waals surface area contributed by atoms with E-state index in [1.165, 1.54) is 22.1 Å². The van der Waals surface area contributed by atoms with Crippen LogP contribution in [0.5, 0.6) is 11.5 Å². The summed E-state index contributed by atoms with van der Waals surface area (Å²) in [7, 11) is 1.61. The molecule has 4 rings (SSSR count). The third-order valence-corrected chi connectivity index (χ3v) is 5.06. The van der Waals surface area contributed by atoms with Crippen molar-refractivity contribution < 1.29 is 14.3 Å². The minimum atomic E-state index is -0.529. The monoisotopic (exact) mass is 429 g/mol. The van der Waals surface area contributed by atoms with Gasteiger partial charge in [0, 0.05) is 18.2 Å². The Hall–Kier alpha value is -4.20. The van der Waals surface area contributed by atoms with Crippen LogP contribution in [0.1, 0.15) is 11.1 Å². The molecular formula is C24H23N5O3. The number of nitrogens with zero attached hydrogens (tertiary/aromatic N) is 4. The summed E-state index contributed by atoms with van der Waals surface area (Å²) in [6, 6.07) is 21.1. The maximum Gasteiger partial charge on any atom is 0.412 e. The summed E-state index contributed by atoms with van der Waals surface area (Å²) < 4.78 is 12.6. The predicted molar refractivity (Wildman–Crippen MR) is 120 cm³/mol. The van der Waals surface area contributed by atoms with Gasteiger partial charge in [0.15, 0.2) is 0 Å². The summed E-state index contributed by atoms with van der Waals surface area (Å²) in [6.45, 7) is 2.52. The lowest BCUT2D eigenvalue weighted by atomic mass is 10.0. The fourth-order valence-electron chi connectivity index (χ4n) is 3.43. The summed E-state index contributed by atoms with van der Waals surface area (Å²) >= 11 is 0. The number of carbonyl (C=O) groups is 1. The Morgan fingerprint density at radius 1 is 1.06 bits per heavy atom. The Balaban J connectivity index is 1.54. The van der Waals surface area contributed by atoms with E-state index in [1.807, 2.05) is 42.5 Å². The van der Waals surface area contributed by atoms with Crippen LogP contribution in [0.2, 0.25) is 0 Å². The smallest absolute Gasteiger partial charge is 0.412 e. The lowest BCUT2D eigenvalue weighted by Gasteiger charge is -2.13. The van der Waals surface area contributed by atoms with Crippen LogP contribution in [-0.4, -0.2) is 40.0 Å². The van der Waals surface area contributed by atoms with Crippen molar-refractivity contribution in [1.82, 2.24) is 25.5 Å². The van der Waals surface area contributed by atoms with Crippen molar-refractivity contribution in [3.05, 3.63) is 84.2 Å². The Kier molecular flexibility index (Phi) is 6.41. The number of carbonyl (C=O) groups excluding carboxylic acids is 1. The number of methoxy groups -OCH3 is 1. The van der Waals surface area contributed by atoms with Gasteiger partial charge in [0.2, 0.25) is 0 Å². The van der Waals surface area contributed by atoms with Gasteiger partial charge < -0.3 is 14.8 Å². The van der Waals surface area contributed by atoms with E-state index in [9.17, 15) is 4.79 Å². The Morgan fingerprint density at radius 2 is 1.88 bits per heavy atom. The van der Waals surface area contributed by atoms with Gasteiger partial charge in [-0.25, -0.2) is 9.48 Å². The fourth-order valence-corrected chi connectivity index (χ4v) is 3.43. The highest BCUT2D eigenvalue weighted by atomic mass is 16.6. The van der Waals surface area contributed by atoms with Crippen LogP contribution in [0.15, 0.2) is 73.1 Å². The molecule has 0 atom stereocenters. The van der Waals surface area contributed by atoms with Gasteiger partial charge in [-0.1, -0.05) is 42.5 Å². The highest BCUT2D eigenvalue weighted by molar-refractivity contribution is 5.76. The highest BCUT2D eigenvalue weighted by Crippen LogP contribution is 2.33. The van der Waals surface area contributed by atoms with Crippen molar-refractivity contribution in [2.45, 2.75) is 13.3 Å². The normalized spacial score (nSPS) is 10.6. The van der Waals surface area contributed by atoms with Crippen LogP contribution in [0, 0.1) is 6.92 Å². The summed E-state index contributed by atoms with van der Waals surface area (Å²) in [4.78, 5) is 12.5. The zero-order valence-electron chi connectivity index (χ0n) is 17.9. The first-order valence-corrected chi connectivity index (χ1v) is 10.2. The lowest BCUT2D eigenvalue weighted by Crippen LogP contribution is -2.28. The molecule has 1 heterocycles. The third-order valence-electron chi connectivity index (χ3n) is 5.06. The van der Waals surface area contributed by atoms with Crippen LogP contribution >= 0.6 is 0 Å². The summed E-state index contributed by atoms with van der Waals surface area (Å²) in [5.41, 5.74) is 4.69. The number of tetrazole rings is 1. The number of aryl methyl sites for hydroxylation is 1. The number of rotatable bonds is 7. The lowest BCUT2D eigenvalue weighted by molar-refractivity contribution is 0.200. The van der Waals surface area contributed by atoms with Gasteiger partial charge in [0.1, 0.15) is 17.8 Å². The van der Waals surface area contributed by atoms with E-state index in [1.54, 1.807) is 19.2 Å². The summed E-state index contributed by atoms with van der Waals surface area (Å²) in [6.07, 6.45) is 1.67. The molecule has 0 aliphatic carbocycles. The molecule has 8 nitrogen and oxygen atoms in total. The molecule has 0 aliphatic heterocycles. The Labute approximate surface area is 185 Å². The van der Waals surface area contributed by atoms with Crippen molar-refractivity contribution in [2.75, 3.05) is 13.7 Å². The topological polar surface area (TPSA) is 91.2 Å². The number of benzene rings is 3. The number of aromatic nitrogens is 4. The van der Waals surface area contributed by atoms with E-state index in [0.29, 0.717) is 23.7 Å². The molecule has 4 aromatic rings. The van der Waals surface area contributed by atoms with Crippen LogP contribution < -0.4 is 14.8 Å². The van der Waals surface area contributed by atoms with Crippen molar-refractivity contribution >= 4 is 6.09 Å². The van der Waals surface area contributed by atoms with Gasteiger partial charge in [0.25, 0.3) is 0 Å². The molecule has 0 radical (unpaired) electrons. The van der Waals surface area contributed by atoms with E-state index in [0.717, 1.165) is 17.5 Å². The number of ether oxygens (including phenoxy) is 2. The van der Waals surface area contributed by atoms with Crippen molar-refractivity contribution in [1.29, 1.82) is 0 Å². The first kappa shape index (κ1) is 21.0. The molecular weight excluding hydrogens is 406 g/mol. The molecule has 0 saturated heterocycles. The SMILES string of the molecule is COc1ccccc1-c1cc(OC(=O)NCCc2ccccc2C)cc(-n2cnnn2)c1. The zero-order valence-corrected chi connectivity index (χ0v) is 17.9. The van der Waals surface area contributed by atoms with E-state index in [4.69, 9.17) is 9.47 Å². The largest absolute Gasteiger partial charge is 0.496 e. The zero-order chi connectivity index (χ0) is 22.3. The first-order valence-electron chi connectivity index (χ1n) is 10.2. The molecule has 162 valence electrons.